The van der Waals surface area contributed by atoms with Crippen LogP contribution >= 0.6 is 0 Å². The molecule has 17 heavy (non-hydrogen) atoms. The minimum atomic E-state index is -0.864. The first-order chi connectivity index (χ1) is 8.06. The Balaban J connectivity index is 1.98. The van der Waals surface area contributed by atoms with Gasteiger partial charge in [-0.05, 0) is 30.7 Å². The molecular formula is C12H13F2NO2. The van der Waals surface area contributed by atoms with Gasteiger partial charge in [0.15, 0.2) is 11.6 Å². The second kappa shape index (κ2) is 4.79. The molecule has 1 saturated heterocycles. The van der Waals surface area contributed by atoms with E-state index in [1.807, 2.05) is 4.90 Å². The Morgan fingerprint density at radius 1 is 1.41 bits per heavy atom. The van der Waals surface area contributed by atoms with Gasteiger partial charge in [-0.3, -0.25) is 9.69 Å². The van der Waals surface area contributed by atoms with Crippen LogP contribution in [0, 0.1) is 17.6 Å². The molecule has 1 atom stereocenters. The summed E-state index contributed by atoms with van der Waals surface area (Å²) in [5.74, 6) is -2.87. The van der Waals surface area contributed by atoms with Crippen LogP contribution in [0.15, 0.2) is 18.2 Å². The Hall–Kier alpha value is -1.49. The predicted octanol–water partition coefficient (Wildman–Crippen LogP) is 1.87. The van der Waals surface area contributed by atoms with E-state index in [1.165, 1.54) is 6.07 Å². The standard InChI is InChI=1S/C12H13F2NO2/c13-10-2-1-8(5-11(10)14)6-15-4-3-9(7-15)12(16)17/h1-2,5,9H,3-4,6-7H2,(H,16,17)/t9-/m1/s1. The maximum Gasteiger partial charge on any atom is 0.307 e. The zero-order chi connectivity index (χ0) is 12.4. The largest absolute Gasteiger partial charge is 0.481 e. The van der Waals surface area contributed by atoms with Gasteiger partial charge in [-0.15, -0.1) is 0 Å². The minimum absolute atomic E-state index is 0.347. The number of hydrogen-bond donors (Lipinski definition) is 1. The van der Waals surface area contributed by atoms with Gasteiger partial charge in [-0.1, -0.05) is 6.07 Å². The molecule has 5 heteroatoms. The second-order valence-electron chi connectivity index (χ2n) is 4.31. The van der Waals surface area contributed by atoms with Gasteiger partial charge in [0.1, 0.15) is 0 Å². The SMILES string of the molecule is O=C(O)[C@@H]1CCN(Cc2ccc(F)c(F)c2)C1. The van der Waals surface area contributed by atoms with E-state index in [0.717, 1.165) is 12.1 Å². The van der Waals surface area contributed by atoms with Gasteiger partial charge in [0.25, 0.3) is 0 Å². The van der Waals surface area contributed by atoms with Crippen molar-refractivity contribution in [2.24, 2.45) is 5.92 Å². The molecule has 3 nitrogen and oxygen atoms in total. The molecule has 0 radical (unpaired) electrons. The molecule has 0 spiro atoms. The van der Waals surface area contributed by atoms with Crippen molar-refractivity contribution in [3.8, 4) is 0 Å². The van der Waals surface area contributed by atoms with E-state index in [1.54, 1.807) is 0 Å². The van der Waals surface area contributed by atoms with Crippen molar-refractivity contribution in [1.29, 1.82) is 0 Å². The number of hydrogen-bond acceptors (Lipinski definition) is 2. The summed E-state index contributed by atoms with van der Waals surface area (Å²) < 4.78 is 25.7. The molecule has 0 amide bonds. The zero-order valence-corrected chi connectivity index (χ0v) is 9.20. The number of rotatable bonds is 3. The fourth-order valence-electron chi connectivity index (χ4n) is 2.07. The highest BCUT2D eigenvalue weighted by atomic mass is 19.2. The number of halogens is 2. The van der Waals surface area contributed by atoms with E-state index in [9.17, 15) is 13.6 Å². The molecule has 1 N–H and O–H groups in total. The molecular weight excluding hydrogens is 228 g/mol. The maximum absolute atomic E-state index is 13.0. The Labute approximate surface area is 97.7 Å². The smallest absolute Gasteiger partial charge is 0.307 e. The number of benzene rings is 1. The molecule has 1 aromatic carbocycles. The average Bonchev–Trinajstić information content (AvgIpc) is 2.72. The fraction of sp³-hybridized carbons (Fsp3) is 0.417. The summed E-state index contributed by atoms with van der Waals surface area (Å²) in [5, 5.41) is 8.84. The van der Waals surface area contributed by atoms with Crippen LogP contribution in [-0.4, -0.2) is 29.1 Å². The lowest BCUT2D eigenvalue weighted by Crippen LogP contribution is -2.22. The third kappa shape index (κ3) is 2.79. The van der Waals surface area contributed by atoms with Crippen molar-refractivity contribution in [1.82, 2.24) is 4.90 Å². The topological polar surface area (TPSA) is 40.5 Å². The Kier molecular flexibility index (Phi) is 3.38. The van der Waals surface area contributed by atoms with Crippen LogP contribution in [0.5, 0.6) is 0 Å². The third-order valence-corrected chi connectivity index (χ3v) is 3.01. The molecule has 0 bridgehead atoms. The van der Waals surface area contributed by atoms with Crippen LogP contribution in [0.4, 0.5) is 8.78 Å². The first-order valence-corrected chi connectivity index (χ1v) is 5.45. The van der Waals surface area contributed by atoms with Crippen LogP contribution in [-0.2, 0) is 11.3 Å². The van der Waals surface area contributed by atoms with Gasteiger partial charge in [0, 0.05) is 13.1 Å². The van der Waals surface area contributed by atoms with Crippen molar-refractivity contribution in [2.45, 2.75) is 13.0 Å². The van der Waals surface area contributed by atoms with Crippen LogP contribution in [0.1, 0.15) is 12.0 Å². The monoisotopic (exact) mass is 241 g/mol. The van der Waals surface area contributed by atoms with Crippen molar-refractivity contribution < 1.29 is 18.7 Å². The summed E-state index contributed by atoms with van der Waals surface area (Å²) in [6, 6.07) is 3.77. The highest BCUT2D eigenvalue weighted by Gasteiger charge is 2.27. The number of likely N-dealkylation sites (tertiary alicyclic amines) is 1. The molecule has 92 valence electrons. The zero-order valence-electron chi connectivity index (χ0n) is 9.20. The molecule has 0 saturated carbocycles. The van der Waals surface area contributed by atoms with E-state index in [0.29, 0.717) is 31.6 Å². The fourth-order valence-corrected chi connectivity index (χ4v) is 2.07. The molecule has 2 rings (SSSR count). The lowest BCUT2D eigenvalue weighted by atomic mass is 10.1. The van der Waals surface area contributed by atoms with Crippen molar-refractivity contribution >= 4 is 5.97 Å². The van der Waals surface area contributed by atoms with Crippen LogP contribution in [0.25, 0.3) is 0 Å². The highest BCUT2D eigenvalue weighted by Crippen LogP contribution is 2.19. The Morgan fingerprint density at radius 2 is 2.18 bits per heavy atom. The summed E-state index contributed by atoms with van der Waals surface area (Å²) in [6.45, 7) is 1.60. The first-order valence-electron chi connectivity index (χ1n) is 5.45. The van der Waals surface area contributed by atoms with Crippen LogP contribution < -0.4 is 0 Å². The molecule has 1 heterocycles. The summed E-state index contributed by atoms with van der Waals surface area (Å²) in [5.41, 5.74) is 0.662. The van der Waals surface area contributed by atoms with E-state index in [4.69, 9.17) is 5.11 Å². The van der Waals surface area contributed by atoms with Crippen molar-refractivity contribution in [2.75, 3.05) is 13.1 Å². The van der Waals surface area contributed by atoms with Gasteiger partial charge < -0.3 is 5.11 Å². The summed E-state index contributed by atoms with van der Waals surface area (Å²) >= 11 is 0. The van der Waals surface area contributed by atoms with Gasteiger partial charge in [0.2, 0.25) is 0 Å². The Morgan fingerprint density at radius 3 is 2.76 bits per heavy atom. The minimum Gasteiger partial charge on any atom is -0.481 e. The van der Waals surface area contributed by atoms with E-state index >= 15 is 0 Å². The van der Waals surface area contributed by atoms with E-state index in [-0.39, 0.29) is 5.92 Å². The van der Waals surface area contributed by atoms with Crippen molar-refractivity contribution in [3.63, 3.8) is 0 Å². The summed E-state index contributed by atoms with van der Waals surface area (Å²) in [7, 11) is 0. The van der Waals surface area contributed by atoms with Crippen LogP contribution in [0.2, 0.25) is 0 Å². The maximum atomic E-state index is 13.0. The summed E-state index contributed by atoms with van der Waals surface area (Å²) in [6.07, 6.45) is 0.610. The Bertz CT molecular complexity index is 437. The predicted molar refractivity (Wildman–Crippen MR) is 57.4 cm³/mol. The van der Waals surface area contributed by atoms with Gasteiger partial charge in [-0.25, -0.2) is 8.78 Å². The van der Waals surface area contributed by atoms with Crippen molar-refractivity contribution in [3.05, 3.63) is 35.4 Å². The molecule has 0 unspecified atom stereocenters. The summed E-state index contributed by atoms with van der Waals surface area (Å²) in [4.78, 5) is 12.7. The lowest BCUT2D eigenvalue weighted by Gasteiger charge is -2.15. The molecule has 1 aromatic rings. The van der Waals surface area contributed by atoms with E-state index < -0.39 is 17.6 Å². The lowest BCUT2D eigenvalue weighted by molar-refractivity contribution is -0.141. The normalized spacial score (nSPS) is 20.7. The van der Waals surface area contributed by atoms with Gasteiger partial charge in [0.05, 0.1) is 5.92 Å². The van der Waals surface area contributed by atoms with Gasteiger partial charge in [-0.2, -0.15) is 0 Å². The third-order valence-electron chi connectivity index (χ3n) is 3.01. The molecule has 1 aliphatic heterocycles. The number of nitrogens with zero attached hydrogens (tertiary/aromatic N) is 1. The molecule has 1 aliphatic rings. The number of carbonyl (C=O) groups is 1. The van der Waals surface area contributed by atoms with E-state index in [2.05, 4.69) is 0 Å². The number of carboxylic acids is 1. The average molecular weight is 241 g/mol. The van der Waals surface area contributed by atoms with Crippen LogP contribution in [0.3, 0.4) is 0 Å². The number of aliphatic carboxylic acids is 1. The number of carboxylic acid groups (broad SMARTS) is 1. The highest BCUT2D eigenvalue weighted by molar-refractivity contribution is 5.70. The molecule has 0 aromatic heterocycles. The van der Waals surface area contributed by atoms with Gasteiger partial charge >= 0.3 is 5.97 Å². The first kappa shape index (κ1) is 12.0. The molecule has 0 aliphatic carbocycles. The molecule has 1 fully saturated rings. The quantitative estimate of drug-likeness (QED) is 0.878. The second-order valence-corrected chi connectivity index (χ2v) is 4.31.